The summed E-state index contributed by atoms with van der Waals surface area (Å²) in [5.74, 6) is -0.211. The van der Waals surface area contributed by atoms with E-state index < -0.39 is 11.7 Å². The Morgan fingerprint density at radius 2 is 1.76 bits per heavy atom. The third-order valence-electron chi connectivity index (χ3n) is 2.83. The summed E-state index contributed by atoms with van der Waals surface area (Å²) in [7, 11) is 0. The van der Waals surface area contributed by atoms with Crippen LogP contribution in [0.25, 0.3) is 0 Å². The predicted molar refractivity (Wildman–Crippen MR) is 76.6 cm³/mol. The van der Waals surface area contributed by atoms with E-state index in [9.17, 15) is 13.2 Å². The molecule has 7 heteroatoms. The molecule has 2 N–H and O–H groups in total. The van der Waals surface area contributed by atoms with Gasteiger partial charge in [-0.15, -0.1) is 0 Å². The standard InChI is InChI=1S/C14H12BrF3N2O/c15-11-5-12(14(16,17)18)13(20-7-11)19-6-9-1-3-10(8-21)4-2-9/h1-5,7,21H,6,8H2,(H,19,20). The van der Waals surface area contributed by atoms with Crippen molar-refractivity contribution in [3.63, 3.8) is 0 Å². The number of nitrogens with one attached hydrogen (secondary N) is 1. The Labute approximate surface area is 128 Å². The zero-order chi connectivity index (χ0) is 15.5. The van der Waals surface area contributed by atoms with Crippen LogP contribution in [0.15, 0.2) is 41.0 Å². The molecule has 2 rings (SSSR count). The summed E-state index contributed by atoms with van der Waals surface area (Å²) in [5.41, 5.74) is 0.727. The molecule has 0 aliphatic carbocycles. The van der Waals surface area contributed by atoms with E-state index in [4.69, 9.17) is 5.11 Å². The molecule has 3 nitrogen and oxygen atoms in total. The van der Waals surface area contributed by atoms with Gasteiger partial charge in [0.1, 0.15) is 5.82 Å². The first-order chi connectivity index (χ1) is 9.90. The average Bonchev–Trinajstić information content (AvgIpc) is 2.45. The molecule has 0 spiro atoms. The number of aliphatic hydroxyl groups excluding tert-OH is 1. The number of hydrogen-bond donors (Lipinski definition) is 2. The normalized spacial score (nSPS) is 11.5. The van der Waals surface area contributed by atoms with E-state index in [2.05, 4.69) is 26.2 Å². The zero-order valence-corrected chi connectivity index (χ0v) is 12.4. The number of hydrogen-bond acceptors (Lipinski definition) is 3. The van der Waals surface area contributed by atoms with Gasteiger partial charge in [0.05, 0.1) is 12.2 Å². The number of alkyl halides is 3. The summed E-state index contributed by atoms with van der Waals surface area (Å²) in [6.45, 7) is 0.142. The van der Waals surface area contributed by atoms with Crippen molar-refractivity contribution in [1.82, 2.24) is 4.98 Å². The van der Waals surface area contributed by atoms with E-state index in [0.29, 0.717) is 0 Å². The van der Waals surface area contributed by atoms with Crippen molar-refractivity contribution in [1.29, 1.82) is 0 Å². The summed E-state index contributed by atoms with van der Waals surface area (Å²) in [5, 5.41) is 11.6. The van der Waals surface area contributed by atoms with Gasteiger partial charge in [0.25, 0.3) is 0 Å². The summed E-state index contributed by atoms with van der Waals surface area (Å²) in [6.07, 6.45) is -3.16. The van der Waals surface area contributed by atoms with E-state index in [1.165, 1.54) is 6.20 Å². The van der Waals surface area contributed by atoms with Gasteiger partial charge in [-0.1, -0.05) is 24.3 Å². The lowest BCUT2D eigenvalue weighted by atomic mass is 10.1. The second kappa shape index (κ2) is 6.44. The number of nitrogens with zero attached hydrogens (tertiary/aromatic N) is 1. The molecule has 0 unspecified atom stereocenters. The predicted octanol–water partition coefficient (Wildman–Crippen LogP) is 3.97. The first kappa shape index (κ1) is 15.8. The maximum absolute atomic E-state index is 12.9. The van der Waals surface area contributed by atoms with Crippen molar-refractivity contribution >= 4 is 21.7 Å². The maximum Gasteiger partial charge on any atom is 0.419 e. The van der Waals surface area contributed by atoms with Crippen LogP contribution in [0.2, 0.25) is 0 Å². The Kier molecular flexibility index (Phi) is 4.84. The minimum Gasteiger partial charge on any atom is -0.392 e. The van der Waals surface area contributed by atoms with E-state index in [0.717, 1.165) is 17.2 Å². The van der Waals surface area contributed by atoms with Crippen LogP contribution in [0.4, 0.5) is 19.0 Å². The van der Waals surface area contributed by atoms with Gasteiger partial charge >= 0.3 is 6.18 Å². The monoisotopic (exact) mass is 360 g/mol. The van der Waals surface area contributed by atoms with Gasteiger partial charge in [-0.05, 0) is 33.1 Å². The first-order valence-electron chi connectivity index (χ1n) is 6.05. The number of benzene rings is 1. The van der Waals surface area contributed by atoms with Crippen LogP contribution >= 0.6 is 15.9 Å². The molecule has 21 heavy (non-hydrogen) atoms. The molecule has 2 aromatic rings. The molecule has 0 radical (unpaired) electrons. The zero-order valence-electron chi connectivity index (χ0n) is 10.8. The number of anilines is 1. The van der Waals surface area contributed by atoms with Gasteiger partial charge in [-0.3, -0.25) is 0 Å². The van der Waals surface area contributed by atoms with Crippen LogP contribution in [0.5, 0.6) is 0 Å². The minimum absolute atomic E-state index is 0.0692. The molecule has 0 saturated carbocycles. The first-order valence-corrected chi connectivity index (χ1v) is 6.85. The number of pyridine rings is 1. The van der Waals surface area contributed by atoms with Gasteiger partial charge in [0, 0.05) is 17.2 Å². The topological polar surface area (TPSA) is 45.1 Å². The molecule has 0 aliphatic rings. The highest BCUT2D eigenvalue weighted by Crippen LogP contribution is 2.35. The largest absolute Gasteiger partial charge is 0.419 e. The highest BCUT2D eigenvalue weighted by molar-refractivity contribution is 9.10. The maximum atomic E-state index is 12.9. The van der Waals surface area contributed by atoms with Crippen LogP contribution in [0.3, 0.4) is 0 Å². The Morgan fingerprint density at radius 1 is 1.14 bits per heavy atom. The van der Waals surface area contributed by atoms with Gasteiger partial charge in [-0.25, -0.2) is 4.98 Å². The quantitative estimate of drug-likeness (QED) is 0.867. The highest BCUT2D eigenvalue weighted by Gasteiger charge is 2.34. The number of halogens is 4. The second-order valence-electron chi connectivity index (χ2n) is 4.38. The van der Waals surface area contributed by atoms with Crippen LogP contribution in [0.1, 0.15) is 16.7 Å². The molecule has 0 saturated heterocycles. The van der Waals surface area contributed by atoms with Crippen molar-refractivity contribution in [2.75, 3.05) is 5.32 Å². The van der Waals surface area contributed by atoms with E-state index in [-0.39, 0.29) is 23.4 Å². The van der Waals surface area contributed by atoms with E-state index in [1.54, 1.807) is 24.3 Å². The van der Waals surface area contributed by atoms with Crippen molar-refractivity contribution in [3.8, 4) is 0 Å². The molecule has 1 heterocycles. The van der Waals surface area contributed by atoms with E-state index >= 15 is 0 Å². The fourth-order valence-corrected chi connectivity index (χ4v) is 2.08. The molecular formula is C14H12BrF3N2O. The van der Waals surface area contributed by atoms with Crippen molar-refractivity contribution in [3.05, 3.63) is 57.7 Å². The molecule has 1 aromatic heterocycles. The van der Waals surface area contributed by atoms with Gasteiger partial charge in [0.2, 0.25) is 0 Å². The lowest BCUT2D eigenvalue weighted by Gasteiger charge is -2.14. The Morgan fingerprint density at radius 3 is 2.33 bits per heavy atom. The Bertz CT molecular complexity index is 615. The van der Waals surface area contributed by atoms with Gasteiger partial charge in [-0.2, -0.15) is 13.2 Å². The van der Waals surface area contributed by atoms with Crippen LogP contribution in [0, 0.1) is 0 Å². The lowest BCUT2D eigenvalue weighted by Crippen LogP contribution is -2.12. The van der Waals surface area contributed by atoms with Crippen LogP contribution < -0.4 is 5.32 Å². The minimum atomic E-state index is -4.47. The third kappa shape index (κ3) is 4.18. The number of rotatable bonds is 4. The van der Waals surface area contributed by atoms with Crippen LogP contribution in [-0.2, 0) is 19.3 Å². The van der Waals surface area contributed by atoms with Crippen LogP contribution in [-0.4, -0.2) is 10.1 Å². The third-order valence-corrected chi connectivity index (χ3v) is 3.26. The fraction of sp³-hybridized carbons (Fsp3) is 0.214. The smallest absolute Gasteiger partial charge is 0.392 e. The lowest BCUT2D eigenvalue weighted by molar-refractivity contribution is -0.137. The molecule has 0 amide bonds. The number of aliphatic hydroxyl groups is 1. The molecule has 112 valence electrons. The van der Waals surface area contributed by atoms with Gasteiger partial charge < -0.3 is 10.4 Å². The summed E-state index contributed by atoms with van der Waals surface area (Å²) >= 11 is 2.99. The Hall–Kier alpha value is -1.60. The molecule has 1 aromatic carbocycles. The molecule has 0 aliphatic heterocycles. The fourth-order valence-electron chi connectivity index (χ4n) is 1.74. The molecular weight excluding hydrogens is 349 g/mol. The Balaban J connectivity index is 2.15. The van der Waals surface area contributed by atoms with Gasteiger partial charge in [0.15, 0.2) is 0 Å². The summed E-state index contributed by atoms with van der Waals surface area (Å²) in [4.78, 5) is 3.78. The molecule has 0 fully saturated rings. The molecule has 0 atom stereocenters. The average molecular weight is 361 g/mol. The highest BCUT2D eigenvalue weighted by atomic mass is 79.9. The second-order valence-corrected chi connectivity index (χ2v) is 5.29. The number of aromatic nitrogens is 1. The SMILES string of the molecule is OCc1ccc(CNc2ncc(Br)cc2C(F)(F)F)cc1. The van der Waals surface area contributed by atoms with Crippen molar-refractivity contribution in [2.45, 2.75) is 19.3 Å². The summed E-state index contributed by atoms with van der Waals surface area (Å²) in [6, 6.07) is 7.91. The van der Waals surface area contributed by atoms with E-state index in [1.807, 2.05) is 0 Å². The van der Waals surface area contributed by atoms with Crippen molar-refractivity contribution < 1.29 is 18.3 Å². The van der Waals surface area contributed by atoms with Crippen molar-refractivity contribution in [2.24, 2.45) is 0 Å². The molecule has 0 bridgehead atoms. The summed E-state index contributed by atoms with van der Waals surface area (Å²) < 4.78 is 39.0.